The van der Waals surface area contributed by atoms with E-state index in [0.29, 0.717) is 54.3 Å². The Hall–Kier alpha value is -3.07. The number of nitrogens with zero attached hydrogens (tertiary/aromatic N) is 2. The van der Waals surface area contributed by atoms with Gasteiger partial charge in [0.2, 0.25) is 0 Å². The molecule has 0 saturated carbocycles. The minimum atomic E-state index is -0.847. The molecule has 3 aromatic rings. The van der Waals surface area contributed by atoms with Crippen LogP contribution in [0.1, 0.15) is 31.0 Å². The summed E-state index contributed by atoms with van der Waals surface area (Å²) in [5.74, 6) is 0.474. The van der Waals surface area contributed by atoms with Gasteiger partial charge in [-0.1, -0.05) is 34.5 Å². The lowest BCUT2D eigenvalue weighted by molar-refractivity contribution is -0.136. The molecule has 0 amide bonds. The maximum Gasteiger partial charge on any atom is 0.338 e. The van der Waals surface area contributed by atoms with Gasteiger partial charge in [-0.05, 0) is 56.3 Å². The van der Waals surface area contributed by atoms with E-state index in [-0.39, 0.29) is 11.1 Å². The van der Waals surface area contributed by atoms with Crippen molar-refractivity contribution in [2.75, 3.05) is 20.8 Å². The molecule has 2 heterocycles. The van der Waals surface area contributed by atoms with Gasteiger partial charge in [0.25, 0.3) is 5.56 Å². The van der Waals surface area contributed by atoms with Gasteiger partial charge in [-0.2, -0.15) is 0 Å². The summed E-state index contributed by atoms with van der Waals surface area (Å²) >= 11 is 13.7. The summed E-state index contributed by atoms with van der Waals surface area (Å²) in [6.45, 7) is 4.04. The van der Waals surface area contributed by atoms with E-state index in [1.807, 2.05) is 6.92 Å². The van der Waals surface area contributed by atoms with Crippen LogP contribution in [0.2, 0.25) is 10.0 Å². The Balaban J connectivity index is 2.02. The molecule has 0 bridgehead atoms. The second-order valence-corrected chi connectivity index (χ2v) is 9.46. The van der Waals surface area contributed by atoms with Gasteiger partial charge in [0, 0.05) is 21.2 Å². The predicted molar refractivity (Wildman–Crippen MR) is 136 cm³/mol. The fourth-order valence-electron chi connectivity index (χ4n) is 3.97. The topological polar surface area (TPSA) is 79.1 Å². The first-order valence-electron chi connectivity index (χ1n) is 10.7. The normalized spacial score (nSPS) is 15.5. The molecule has 0 radical (unpaired) electrons. The van der Waals surface area contributed by atoms with Gasteiger partial charge in [-0.25, -0.2) is 9.79 Å². The minimum absolute atomic E-state index is 0.227. The molecule has 0 N–H and O–H groups in total. The van der Waals surface area contributed by atoms with E-state index in [9.17, 15) is 9.59 Å². The SMILES string of the molecule is CCOc1ccc(Cl)cc1/C=c1\sc2n(c1=O)[C@@H](c1cc(Cl)ccc1OC)C(C(=O)OC)=C(C)N=2. The first-order valence-corrected chi connectivity index (χ1v) is 12.2. The molecule has 1 atom stereocenters. The standard InChI is InChI=1S/C25H22Cl2N2O5S/c1-5-34-18-8-6-15(26)10-14(18)11-20-23(30)29-22(17-12-16(27)7-9-19(17)32-3)21(24(31)33-4)13(2)28-25(29)35-20/h6-12,22H,5H2,1-4H3/b20-11-/t22-/m0/s1. The highest BCUT2D eigenvalue weighted by atomic mass is 35.5. The Kier molecular flexibility index (Phi) is 7.35. The van der Waals surface area contributed by atoms with Crippen molar-refractivity contribution in [3.8, 4) is 11.5 Å². The summed E-state index contributed by atoms with van der Waals surface area (Å²) in [7, 11) is 2.80. The van der Waals surface area contributed by atoms with Gasteiger partial charge in [0.05, 0.1) is 36.6 Å². The van der Waals surface area contributed by atoms with Crippen LogP contribution in [0.5, 0.6) is 11.5 Å². The van der Waals surface area contributed by atoms with E-state index in [4.69, 9.17) is 37.4 Å². The van der Waals surface area contributed by atoms with Gasteiger partial charge < -0.3 is 14.2 Å². The zero-order valence-corrected chi connectivity index (χ0v) is 21.8. The highest BCUT2D eigenvalue weighted by Gasteiger charge is 2.35. The molecule has 35 heavy (non-hydrogen) atoms. The van der Waals surface area contributed by atoms with E-state index in [1.165, 1.54) is 30.1 Å². The van der Waals surface area contributed by atoms with Gasteiger partial charge in [-0.3, -0.25) is 9.36 Å². The number of benzene rings is 2. The van der Waals surface area contributed by atoms with Gasteiger partial charge in [0.15, 0.2) is 4.80 Å². The van der Waals surface area contributed by atoms with Gasteiger partial charge >= 0.3 is 5.97 Å². The number of fused-ring (bicyclic) bond motifs is 1. The molecule has 1 aliphatic heterocycles. The number of rotatable bonds is 6. The summed E-state index contributed by atoms with van der Waals surface area (Å²) in [6, 6.07) is 9.41. The summed E-state index contributed by atoms with van der Waals surface area (Å²) in [5, 5.41) is 0.944. The number of hydrogen-bond acceptors (Lipinski definition) is 7. The third kappa shape index (κ3) is 4.74. The second kappa shape index (κ2) is 10.3. The molecule has 0 aliphatic carbocycles. The lowest BCUT2D eigenvalue weighted by Gasteiger charge is -2.25. The van der Waals surface area contributed by atoms with Crippen molar-refractivity contribution in [1.29, 1.82) is 0 Å². The fraction of sp³-hybridized carbons (Fsp3) is 0.240. The van der Waals surface area contributed by atoms with Crippen LogP contribution in [0.15, 0.2) is 57.5 Å². The van der Waals surface area contributed by atoms with Crippen molar-refractivity contribution in [3.05, 3.63) is 88.5 Å². The molecule has 10 heteroatoms. The zero-order valence-electron chi connectivity index (χ0n) is 19.4. The van der Waals surface area contributed by atoms with E-state index >= 15 is 0 Å². The number of thiazole rings is 1. The maximum atomic E-state index is 13.8. The smallest absolute Gasteiger partial charge is 0.338 e. The molecular weight excluding hydrogens is 511 g/mol. The number of methoxy groups -OCH3 is 2. The first-order chi connectivity index (χ1) is 16.8. The van der Waals surface area contributed by atoms with E-state index in [1.54, 1.807) is 49.4 Å². The Morgan fingerprint density at radius 3 is 2.49 bits per heavy atom. The molecule has 1 aliphatic rings. The molecular formula is C25H22Cl2N2O5S. The van der Waals surface area contributed by atoms with E-state index in [0.717, 1.165) is 0 Å². The summed E-state index contributed by atoms with van der Waals surface area (Å²) < 4.78 is 18.2. The maximum absolute atomic E-state index is 13.8. The number of hydrogen-bond donors (Lipinski definition) is 0. The van der Waals surface area contributed by atoms with Crippen LogP contribution < -0.4 is 24.4 Å². The van der Waals surface area contributed by atoms with E-state index in [2.05, 4.69) is 4.99 Å². The Bertz CT molecular complexity index is 1520. The molecule has 2 aromatic carbocycles. The number of ether oxygens (including phenoxy) is 3. The Labute approximate surface area is 215 Å². The van der Waals surface area contributed by atoms with Crippen LogP contribution in [0, 0.1) is 0 Å². The number of aromatic nitrogens is 1. The average Bonchev–Trinajstić information content (AvgIpc) is 3.13. The molecule has 7 nitrogen and oxygen atoms in total. The number of allylic oxidation sites excluding steroid dienone is 1. The molecule has 0 saturated heterocycles. The van der Waals surface area contributed by atoms with Crippen molar-refractivity contribution in [1.82, 2.24) is 4.57 Å². The number of carbonyl (C=O) groups excluding carboxylic acids is 1. The lowest BCUT2D eigenvalue weighted by atomic mass is 9.95. The highest BCUT2D eigenvalue weighted by Crippen LogP contribution is 2.37. The van der Waals surface area contributed by atoms with Gasteiger partial charge in [0.1, 0.15) is 17.5 Å². The second-order valence-electron chi connectivity index (χ2n) is 7.57. The predicted octanol–water partition coefficient (Wildman–Crippen LogP) is 4.12. The van der Waals surface area contributed by atoms with Crippen molar-refractivity contribution >= 4 is 46.6 Å². The van der Waals surface area contributed by atoms with Crippen LogP contribution in [0.4, 0.5) is 0 Å². The van der Waals surface area contributed by atoms with Crippen LogP contribution >= 0.6 is 34.5 Å². The van der Waals surface area contributed by atoms with Crippen molar-refractivity contribution in [3.63, 3.8) is 0 Å². The highest BCUT2D eigenvalue weighted by molar-refractivity contribution is 7.07. The van der Waals surface area contributed by atoms with Crippen LogP contribution in [0.3, 0.4) is 0 Å². The minimum Gasteiger partial charge on any atom is -0.496 e. The van der Waals surface area contributed by atoms with Crippen molar-refractivity contribution in [2.24, 2.45) is 4.99 Å². The Morgan fingerprint density at radius 1 is 1.14 bits per heavy atom. The molecule has 4 rings (SSSR count). The summed E-state index contributed by atoms with van der Waals surface area (Å²) in [6.07, 6.45) is 1.71. The molecule has 182 valence electrons. The third-order valence-corrected chi connectivity index (χ3v) is 6.92. The molecule has 0 fully saturated rings. The van der Waals surface area contributed by atoms with Crippen LogP contribution in [-0.4, -0.2) is 31.4 Å². The fourth-order valence-corrected chi connectivity index (χ4v) is 5.36. The molecule has 0 unspecified atom stereocenters. The zero-order chi connectivity index (χ0) is 25.3. The quantitative estimate of drug-likeness (QED) is 0.446. The molecule has 1 aromatic heterocycles. The first kappa shape index (κ1) is 25.0. The number of carbonyl (C=O) groups is 1. The third-order valence-electron chi connectivity index (χ3n) is 5.47. The number of esters is 1. The summed E-state index contributed by atoms with van der Waals surface area (Å²) in [4.78, 5) is 31.6. The monoisotopic (exact) mass is 532 g/mol. The van der Waals surface area contributed by atoms with Gasteiger partial charge in [-0.15, -0.1) is 0 Å². The van der Waals surface area contributed by atoms with Crippen LogP contribution in [-0.2, 0) is 9.53 Å². The van der Waals surface area contributed by atoms with Crippen LogP contribution in [0.25, 0.3) is 6.08 Å². The van der Waals surface area contributed by atoms with Crippen molar-refractivity contribution in [2.45, 2.75) is 19.9 Å². The van der Waals surface area contributed by atoms with E-state index < -0.39 is 12.0 Å². The van der Waals surface area contributed by atoms with Crippen molar-refractivity contribution < 1.29 is 19.0 Å². The molecule has 0 spiro atoms. The Morgan fingerprint density at radius 2 is 1.83 bits per heavy atom. The largest absolute Gasteiger partial charge is 0.496 e. The summed E-state index contributed by atoms with van der Waals surface area (Å²) in [5.41, 5.74) is 1.53. The number of halogens is 2. The average molecular weight is 533 g/mol. The lowest BCUT2D eigenvalue weighted by Crippen LogP contribution is -2.40.